The fourth-order valence-corrected chi connectivity index (χ4v) is 1.68. The number of aromatic carboxylic acids is 1. The van der Waals surface area contributed by atoms with Crippen LogP contribution in [0.4, 0.5) is 0 Å². The van der Waals surface area contributed by atoms with Gasteiger partial charge < -0.3 is 19.3 Å². The summed E-state index contributed by atoms with van der Waals surface area (Å²) in [6.07, 6.45) is 1.28. The minimum Gasteiger partial charge on any atom is -0.476 e. The number of carboxylic acid groups (broad SMARTS) is 1. The third-order valence-electron chi connectivity index (χ3n) is 2.67. The lowest BCUT2D eigenvalue weighted by atomic mass is 10.2. The van der Waals surface area contributed by atoms with Crippen LogP contribution in [-0.4, -0.2) is 66.7 Å². The predicted octanol–water partition coefficient (Wildman–Crippen LogP) is 0.218. The lowest BCUT2D eigenvalue weighted by Crippen LogP contribution is -2.14. The second-order valence-electron chi connectivity index (χ2n) is 4.11. The smallest absolute Gasteiger partial charge is 0.358 e. The maximum Gasteiger partial charge on any atom is 0.358 e. The Hall–Kier alpha value is -1.51. The monoisotopic (exact) mass is 287 g/mol. The van der Waals surface area contributed by atoms with E-state index >= 15 is 0 Å². The fraction of sp³-hybridized carbons (Fsp3) is 0.750. The van der Waals surface area contributed by atoms with Gasteiger partial charge in [-0.1, -0.05) is 5.21 Å². The molecule has 8 nitrogen and oxygen atoms in total. The lowest BCUT2D eigenvalue weighted by Gasteiger charge is -2.07. The van der Waals surface area contributed by atoms with Crippen LogP contribution in [0.15, 0.2) is 0 Å². The van der Waals surface area contributed by atoms with Crippen LogP contribution in [0, 0.1) is 0 Å². The number of nitrogens with zero attached hydrogens (tertiary/aromatic N) is 3. The zero-order valence-electron chi connectivity index (χ0n) is 11.9. The fourth-order valence-electron chi connectivity index (χ4n) is 1.68. The summed E-state index contributed by atoms with van der Waals surface area (Å²) in [5, 5.41) is 16.6. The largest absolute Gasteiger partial charge is 0.476 e. The van der Waals surface area contributed by atoms with Gasteiger partial charge in [0.15, 0.2) is 5.69 Å². The second kappa shape index (κ2) is 9.40. The normalized spacial score (nSPS) is 10.9. The summed E-state index contributed by atoms with van der Waals surface area (Å²) in [7, 11) is 3.21. The van der Waals surface area contributed by atoms with Gasteiger partial charge in [0, 0.05) is 33.9 Å². The summed E-state index contributed by atoms with van der Waals surface area (Å²) in [4.78, 5) is 11.0. The van der Waals surface area contributed by atoms with E-state index in [4.69, 9.17) is 19.3 Å². The molecule has 0 amide bonds. The van der Waals surface area contributed by atoms with E-state index in [0.717, 1.165) is 6.42 Å². The average Bonchev–Trinajstić information content (AvgIpc) is 2.83. The number of hydrogen-bond donors (Lipinski definition) is 1. The van der Waals surface area contributed by atoms with Gasteiger partial charge in [0.2, 0.25) is 0 Å². The third-order valence-corrected chi connectivity index (χ3v) is 2.67. The molecule has 1 aromatic rings. The molecule has 1 aromatic heterocycles. The standard InChI is InChI=1S/C12H21N3O5/c1-18-6-3-7-20-9-5-15-10(4-8-19-2)11(12(16)17)13-14-15/h3-9H2,1-2H3,(H,16,17). The Morgan fingerprint density at radius 3 is 2.60 bits per heavy atom. The summed E-state index contributed by atoms with van der Waals surface area (Å²) >= 11 is 0. The van der Waals surface area contributed by atoms with E-state index in [2.05, 4.69) is 10.3 Å². The van der Waals surface area contributed by atoms with E-state index in [0.29, 0.717) is 45.1 Å². The molecule has 1 rings (SSSR count). The second-order valence-corrected chi connectivity index (χ2v) is 4.11. The first-order valence-corrected chi connectivity index (χ1v) is 6.42. The van der Waals surface area contributed by atoms with Gasteiger partial charge in [0.1, 0.15) is 0 Å². The Balaban J connectivity index is 2.49. The number of ether oxygens (including phenoxy) is 3. The van der Waals surface area contributed by atoms with Gasteiger partial charge in [-0.2, -0.15) is 0 Å². The van der Waals surface area contributed by atoms with Crippen LogP contribution in [-0.2, 0) is 27.2 Å². The highest BCUT2D eigenvalue weighted by Crippen LogP contribution is 2.07. The van der Waals surface area contributed by atoms with E-state index in [1.807, 2.05) is 0 Å². The van der Waals surface area contributed by atoms with E-state index in [-0.39, 0.29) is 5.69 Å². The van der Waals surface area contributed by atoms with Crippen molar-refractivity contribution >= 4 is 5.97 Å². The number of aromatic nitrogens is 3. The molecule has 0 bridgehead atoms. The van der Waals surface area contributed by atoms with Crippen LogP contribution in [0.5, 0.6) is 0 Å². The molecule has 0 saturated carbocycles. The quantitative estimate of drug-likeness (QED) is 0.581. The van der Waals surface area contributed by atoms with Gasteiger partial charge in [-0.15, -0.1) is 5.10 Å². The molecule has 0 unspecified atom stereocenters. The first-order valence-electron chi connectivity index (χ1n) is 6.42. The van der Waals surface area contributed by atoms with Crippen LogP contribution >= 0.6 is 0 Å². The molecule has 0 fully saturated rings. The van der Waals surface area contributed by atoms with E-state index in [1.165, 1.54) is 0 Å². The highest BCUT2D eigenvalue weighted by molar-refractivity contribution is 5.86. The van der Waals surface area contributed by atoms with Gasteiger partial charge in [-0.25, -0.2) is 9.48 Å². The molecule has 0 spiro atoms. The lowest BCUT2D eigenvalue weighted by molar-refractivity contribution is 0.0688. The summed E-state index contributed by atoms with van der Waals surface area (Å²) < 4.78 is 16.9. The molecule has 0 radical (unpaired) electrons. The Morgan fingerprint density at radius 2 is 1.95 bits per heavy atom. The van der Waals surface area contributed by atoms with Gasteiger partial charge >= 0.3 is 5.97 Å². The number of carboxylic acids is 1. The molecule has 0 aliphatic heterocycles. The summed E-state index contributed by atoms with van der Waals surface area (Å²) in [5.41, 5.74) is 0.529. The van der Waals surface area contributed by atoms with Crippen LogP contribution < -0.4 is 0 Å². The van der Waals surface area contributed by atoms with Crippen molar-refractivity contribution in [2.75, 3.05) is 40.6 Å². The van der Waals surface area contributed by atoms with Crippen molar-refractivity contribution in [3.8, 4) is 0 Å². The maximum absolute atomic E-state index is 11.0. The molecule has 1 N–H and O–H groups in total. The number of hydrogen-bond acceptors (Lipinski definition) is 6. The van der Waals surface area contributed by atoms with Crippen LogP contribution in [0.2, 0.25) is 0 Å². The van der Waals surface area contributed by atoms with E-state index in [1.54, 1.807) is 18.9 Å². The van der Waals surface area contributed by atoms with Crippen LogP contribution in [0.25, 0.3) is 0 Å². The Bertz CT molecular complexity index is 408. The molecule has 0 aliphatic rings. The SMILES string of the molecule is COCCCOCCn1nnc(C(=O)O)c1CCOC. The first-order chi connectivity index (χ1) is 9.70. The molecular formula is C12H21N3O5. The minimum atomic E-state index is -1.08. The van der Waals surface area contributed by atoms with E-state index < -0.39 is 5.97 Å². The molecule has 20 heavy (non-hydrogen) atoms. The van der Waals surface area contributed by atoms with Crippen molar-refractivity contribution in [2.24, 2.45) is 0 Å². The Morgan fingerprint density at radius 1 is 1.20 bits per heavy atom. The highest BCUT2D eigenvalue weighted by Gasteiger charge is 2.18. The molecule has 8 heteroatoms. The van der Waals surface area contributed by atoms with Crippen molar-refractivity contribution < 1.29 is 24.1 Å². The molecule has 0 atom stereocenters. The third kappa shape index (κ3) is 5.24. The van der Waals surface area contributed by atoms with Crippen molar-refractivity contribution in [3.05, 3.63) is 11.4 Å². The van der Waals surface area contributed by atoms with Crippen molar-refractivity contribution in [3.63, 3.8) is 0 Å². The zero-order valence-corrected chi connectivity index (χ0v) is 11.9. The molecule has 114 valence electrons. The topological polar surface area (TPSA) is 95.7 Å². The summed E-state index contributed by atoms with van der Waals surface area (Å²) in [6.45, 7) is 2.59. The van der Waals surface area contributed by atoms with Gasteiger partial charge in [-0.3, -0.25) is 0 Å². The first kappa shape index (κ1) is 16.5. The average molecular weight is 287 g/mol. The molecule has 1 heterocycles. The number of rotatable bonds is 11. The van der Waals surface area contributed by atoms with Crippen LogP contribution in [0.3, 0.4) is 0 Å². The number of carbonyl (C=O) groups is 1. The van der Waals surface area contributed by atoms with Crippen LogP contribution in [0.1, 0.15) is 22.6 Å². The molecular weight excluding hydrogens is 266 g/mol. The van der Waals surface area contributed by atoms with Gasteiger partial charge in [-0.05, 0) is 6.42 Å². The molecule has 0 aliphatic carbocycles. The van der Waals surface area contributed by atoms with Gasteiger partial charge in [0.25, 0.3) is 0 Å². The predicted molar refractivity (Wildman–Crippen MR) is 69.9 cm³/mol. The van der Waals surface area contributed by atoms with Gasteiger partial charge in [0.05, 0.1) is 25.5 Å². The van der Waals surface area contributed by atoms with Crippen molar-refractivity contribution in [2.45, 2.75) is 19.4 Å². The summed E-state index contributed by atoms with van der Waals surface area (Å²) in [6, 6.07) is 0. The molecule has 0 saturated heterocycles. The zero-order chi connectivity index (χ0) is 14.8. The maximum atomic E-state index is 11.0. The van der Waals surface area contributed by atoms with Crippen molar-refractivity contribution in [1.29, 1.82) is 0 Å². The summed E-state index contributed by atoms with van der Waals surface area (Å²) in [5.74, 6) is -1.08. The molecule has 0 aromatic carbocycles. The number of methoxy groups -OCH3 is 2. The van der Waals surface area contributed by atoms with E-state index in [9.17, 15) is 4.79 Å². The highest BCUT2D eigenvalue weighted by atomic mass is 16.5. The Kier molecular flexibility index (Phi) is 7.78. The minimum absolute atomic E-state index is 0.0265. The van der Waals surface area contributed by atoms with Crippen molar-refractivity contribution in [1.82, 2.24) is 15.0 Å². The Labute approximate surface area is 117 Å².